The lowest BCUT2D eigenvalue weighted by Crippen LogP contribution is -2.39. The Morgan fingerprint density at radius 2 is 1.21 bits per heavy atom. The van der Waals surface area contributed by atoms with Gasteiger partial charge in [0.2, 0.25) is 0 Å². The highest BCUT2D eigenvalue weighted by atomic mass is 15.1. The monoisotopic (exact) mass is 317 g/mol. The molecule has 0 bridgehead atoms. The Balaban J connectivity index is 1.67. The standard InChI is InChI=1S/C22H25N2/c1-20-12-14-23(15-13-20)16-17-24(18-21-8-4-2-5-9-21)19-22-10-6-3-7-11-22/h2-15H,16-19H2,1H3/q+1. The first-order valence-corrected chi connectivity index (χ1v) is 8.55. The Bertz CT molecular complexity index is 679. The lowest BCUT2D eigenvalue weighted by molar-refractivity contribution is -0.696. The summed E-state index contributed by atoms with van der Waals surface area (Å²) < 4.78 is 2.26. The second-order valence-electron chi connectivity index (χ2n) is 6.30. The molecule has 122 valence electrons. The van der Waals surface area contributed by atoms with Crippen molar-refractivity contribution in [2.45, 2.75) is 26.6 Å². The summed E-state index contributed by atoms with van der Waals surface area (Å²) in [4.78, 5) is 2.51. The zero-order chi connectivity index (χ0) is 16.6. The van der Waals surface area contributed by atoms with Gasteiger partial charge in [0.15, 0.2) is 18.9 Å². The van der Waals surface area contributed by atoms with Gasteiger partial charge in [-0.1, -0.05) is 60.7 Å². The SMILES string of the molecule is Cc1cc[n+](CCN(Cc2ccccc2)Cc2ccccc2)cc1. The first kappa shape index (κ1) is 16.4. The van der Waals surface area contributed by atoms with Crippen LogP contribution in [0.25, 0.3) is 0 Å². The molecule has 0 amide bonds. The molecule has 0 fully saturated rings. The Hall–Kier alpha value is -2.45. The lowest BCUT2D eigenvalue weighted by Gasteiger charge is -2.21. The molecule has 1 aromatic heterocycles. The van der Waals surface area contributed by atoms with E-state index in [9.17, 15) is 0 Å². The van der Waals surface area contributed by atoms with Gasteiger partial charge in [0.1, 0.15) is 0 Å². The van der Waals surface area contributed by atoms with Crippen LogP contribution >= 0.6 is 0 Å². The predicted octanol–water partition coefficient (Wildman–Crippen LogP) is 3.98. The fraction of sp³-hybridized carbons (Fsp3) is 0.227. The van der Waals surface area contributed by atoms with Gasteiger partial charge in [0.25, 0.3) is 0 Å². The van der Waals surface area contributed by atoms with Crippen LogP contribution in [0, 0.1) is 6.92 Å². The van der Waals surface area contributed by atoms with Gasteiger partial charge in [-0.2, -0.15) is 0 Å². The highest BCUT2D eigenvalue weighted by Gasteiger charge is 2.10. The number of aryl methyl sites for hydroxylation is 1. The molecule has 2 nitrogen and oxygen atoms in total. The summed E-state index contributed by atoms with van der Waals surface area (Å²) in [5.74, 6) is 0. The van der Waals surface area contributed by atoms with Crippen LogP contribution in [0.4, 0.5) is 0 Å². The molecule has 0 saturated heterocycles. The van der Waals surface area contributed by atoms with Crippen molar-refractivity contribution in [1.82, 2.24) is 4.90 Å². The first-order valence-electron chi connectivity index (χ1n) is 8.55. The molecule has 3 aromatic rings. The lowest BCUT2D eigenvalue weighted by atomic mass is 10.1. The van der Waals surface area contributed by atoms with Crippen LogP contribution in [0.1, 0.15) is 16.7 Å². The Labute approximate surface area is 145 Å². The van der Waals surface area contributed by atoms with Gasteiger partial charge in [0.05, 0.1) is 6.54 Å². The number of benzene rings is 2. The van der Waals surface area contributed by atoms with E-state index in [1.807, 2.05) is 0 Å². The molecular formula is C22H25N2+. The van der Waals surface area contributed by atoms with Gasteiger partial charge in [0, 0.05) is 25.2 Å². The molecule has 0 saturated carbocycles. The van der Waals surface area contributed by atoms with Crippen molar-refractivity contribution in [2.24, 2.45) is 0 Å². The predicted molar refractivity (Wildman–Crippen MR) is 98.4 cm³/mol. The third kappa shape index (κ3) is 5.04. The smallest absolute Gasteiger partial charge is 0.169 e. The molecule has 1 heterocycles. The summed E-state index contributed by atoms with van der Waals surface area (Å²) in [6, 6.07) is 25.8. The Morgan fingerprint density at radius 1 is 0.708 bits per heavy atom. The maximum atomic E-state index is 2.51. The summed E-state index contributed by atoms with van der Waals surface area (Å²) in [7, 11) is 0. The number of nitrogens with zero attached hydrogens (tertiary/aromatic N) is 2. The van der Waals surface area contributed by atoms with E-state index in [0.29, 0.717) is 0 Å². The maximum Gasteiger partial charge on any atom is 0.169 e. The van der Waals surface area contributed by atoms with Crippen molar-refractivity contribution in [3.05, 3.63) is 102 Å². The summed E-state index contributed by atoms with van der Waals surface area (Å²) in [5, 5.41) is 0. The van der Waals surface area contributed by atoms with E-state index in [0.717, 1.165) is 26.2 Å². The van der Waals surface area contributed by atoms with Crippen LogP contribution in [0.3, 0.4) is 0 Å². The number of rotatable bonds is 7. The quantitative estimate of drug-likeness (QED) is 0.598. The van der Waals surface area contributed by atoms with Gasteiger partial charge >= 0.3 is 0 Å². The molecule has 0 radical (unpaired) electrons. The fourth-order valence-electron chi connectivity index (χ4n) is 2.84. The largest absolute Gasteiger partial charge is 0.289 e. The van der Waals surface area contributed by atoms with Crippen molar-refractivity contribution in [3.63, 3.8) is 0 Å². The highest BCUT2D eigenvalue weighted by molar-refractivity contribution is 5.17. The summed E-state index contributed by atoms with van der Waals surface area (Å²) >= 11 is 0. The van der Waals surface area contributed by atoms with Crippen LogP contribution in [0.5, 0.6) is 0 Å². The van der Waals surface area contributed by atoms with E-state index in [4.69, 9.17) is 0 Å². The number of hydrogen-bond acceptors (Lipinski definition) is 1. The molecule has 0 N–H and O–H groups in total. The Morgan fingerprint density at radius 3 is 1.71 bits per heavy atom. The molecular weight excluding hydrogens is 292 g/mol. The van der Waals surface area contributed by atoms with Crippen LogP contribution < -0.4 is 4.57 Å². The molecule has 0 unspecified atom stereocenters. The summed E-state index contributed by atoms with van der Waals surface area (Å²) in [5.41, 5.74) is 4.03. The van der Waals surface area contributed by atoms with Gasteiger partial charge in [-0.3, -0.25) is 4.90 Å². The van der Waals surface area contributed by atoms with Crippen LogP contribution in [-0.2, 0) is 19.6 Å². The van der Waals surface area contributed by atoms with Crippen LogP contribution in [0.2, 0.25) is 0 Å². The molecule has 0 aliphatic rings. The number of pyridine rings is 1. The van der Waals surface area contributed by atoms with E-state index in [1.54, 1.807) is 0 Å². The normalized spacial score (nSPS) is 10.9. The Kier molecular flexibility index (Phi) is 5.75. The van der Waals surface area contributed by atoms with E-state index in [-0.39, 0.29) is 0 Å². The molecule has 0 aliphatic carbocycles. The van der Waals surface area contributed by atoms with E-state index in [2.05, 4.69) is 102 Å². The van der Waals surface area contributed by atoms with Crippen molar-refractivity contribution in [2.75, 3.05) is 6.54 Å². The topological polar surface area (TPSA) is 7.12 Å². The van der Waals surface area contributed by atoms with E-state index < -0.39 is 0 Å². The summed E-state index contributed by atoms with van der Waals surface area (Å²) in [6.45, 7) is 6.10. The highest BCUT2D eigenvalue weighted by Crippen LogP contribution is 2.09. The molecule has 0 aliphatic heterocycles. The second kappa shape index (κ2) is 8.42. The van der Waals surface area contributed by atoms with Crippen molar-refractivity contribution in [3.8, 4) is 0 Å². The van der Waals surface area contributed by atoms with Crippen LogP contribution in [-0.4, -0.2) is 11.4 Å². The third-order valence-electron chi connectivity index (χ3n) is 4.23. The molecule has 2 aromatic carbocycles. The zero-order valence-corrected chi connectivity index (χ0v) is 14.3. The van der Waals surface area contributed by atoms with Gasteiger partial charge < -0.3 is 0 Å². The van der Waals surface area contributed by atoms with Gasteiger partial charge in [-0.05, 0) is 23.6 Å². The average molecular weight is 317 g/mol. The zero-order valence-electron chi connectivity index (χ0n) is 14.3. The molecule has 24 heavy (non-hydrogen) atoms. The van der Waals surface area contributed by atoms with Gasteiger partial charge in [-0.25, -0.2) is 4.57 Å². The minimum Gasteiger partial charge on any atom is -0.289 e. The third-order valence-corrected chi connectivity index (χ3v) is 4.23. The average Bonchev–Trinajstić information content (AvgIpc) is 2.63. The number of hydrogen-bond donors (Lipinski definition) is 0. The van der Waals surface area contributed by atoms with Crippen molar-refractivity contribution in [1.29, 1.82) is 0 Å². The number of aromatic nitrogens is 1. The fourth-order valence-corrected chi connectivity index (χ4v) is 2.84. The van der Waals surface area contributed by atoms with Crippen molar-refractivity contribution < 1.29 is 4.57 Å². The summed E-state index contributed by atoms with van der Waals surface area (Å²) in [6.07, 6.45) is 4.33. The van der Waals surface area contributed by atoms with Crippen molar-refractivity contribution >= 4 is 0 Å². The van der Waals surface area contributed by atoms with Gasteiger partial charge in [-0.15, -0.1) is 0 Å². The maximum absolute atomic E-state index is 2.51. The molecule has 0 atom stereocenters. The minimum absolute atomic E-state index is 0.974. The van der Waals surface area contributed by atoms with E-state index >= 15 is 0 Å². The molecule has 2 heteroatoms. The van der Waals surface area contributed by atoms with Crippen LogP contribution in [0.15, 0.2) is 85.2 Å². The van der Waals surface area contributed by atoms with E-state index in [1.165, 1.54) is 16.7 Å². The first-order chi connectivity index (χ1) is 11.8. The molecule has 3 rings (SSSR count). The minimum atomic E-state index is 0.974. The molecule has 0 spiro atoms. The second-order valence-corrected chi connectivity index (χ2v) is 6.30.